The van der Waals surface area contributed by atoms with E-state index >= 15 is 0 Å². The first-order valence-corrected chi connectivity index (χ1v) is 12.9. The van der Waals surface area contributed by atoms with Gasteiger partial charge in [-0.15, -0.1) is 10.2 Å². The van der Waals surface area contributed by atoms with Crippen molar-refractivity contribution in [2.75, 3.05) is 11.1 Å². The number of halogens is 2. The number of thioether (sulfide) groups is 1. The van der Waals surface area contributed by atoms with Crippen LogP contribution >= 0.6 is 35.0 Å². The summed E-state index contributed by atoms with van der Waals surface area (Å²) < 4.78 is 2.05. The van der Waals surface area contributed by atoms with Crippen LogP contribution in [0.15, 0.2) is 78.0 Å². The standard InChI is InChI=1S/C27H26Cl2N4OS/c1-27(2,3)20-14-12-19(13-15-20)25-31-32-26(33(25)16-18-8-5-4-6-9-18)35-17-23(34)30-22-11-7-10-21(28)24(22)29/h4-15H,16-17H2,1-3H3,(H,30,34). The second-order valence-electron chi connectivity index (χ2n) is 9.14. The molecule has 0 aliphatic rings. The fourth-order valence-corrected chi connectivity index (χ4v) is 4.64. The summed E-state index contributed by atoms with van der Waals surface area (Å²) in [4.78, 5) is 12.6. The van der Waals surface area contributed by atoms with Gasteiger partial charge in [0.1, 0.15) is 0 Å². The number of carbonyl (C=O) groups is 1. The van der Waals surface area contributed by atoms with Gasteiger partial charge in [0.15, 0.2) is 11.0 Å². The summed E-state index contributed by atoms with van der Waals surface area (Å²) in [6, 6.07) is 23.7. The normalized spacial score (nSPS) is 11.5. The predicted molar refractivity (Wildman–Crippen MR) is 146 cm³/mol. The summed E-state index contributed by atoms with van der Waals surface area (Å²) in [5, 5.41) is 13.1. The van der Waals surface area contributed by atoms with Gasteiger partial charge < -0.3 is 5.32 Å². The van der Waals surface area contributed by atoms with Gasteiger partial charge in [0.05, 0.1) is 28.0 Å². The second kappa shape index (κ2) is 10.9. The number of amides is 1. The van der Waals surface area contributed by atoms with Gasteiger partial charge in [-0.3, -0.25) is 9.36 Å². The molecule has 1 heterocycles. The van der Waals surface area contributed by atoms with Gasteiger partial charge in [-0.2, -0.15) is 0 Å². The second-order valence-corrected chi connectivity index (χ2v) is 10.9. The van der Waals surface area contributed by atoms with Crippen molar-refractivity contribution >= 4 is 46.6 Å². The molecule has 0 unspecified atom stereocenters. The van der Waals surface area contributed by atoms with E-state index in [-0.39, 0.29) is 17.1 Å². The number of hydrogen-bond acceptors (Lipinski definition) is 4. The van der Waals surface area contributed by atoms with Crippen LogP contribution in [0.25, 0.3) is 11.4 Å². The Morgan fingerprint density at radius 2 is 1.66 bits per heavy atom. The highest BCUT2D eigenvalue weighted by molar-refractivity contribution is 7.99. The number of benzene rings is 3. The highest BCUT2D eigenvalue weighted by Crippen LogP contribution is 2.31. The van der Waals surface area contributed by atoms with E-state index in [9.17, 15) is 4.79 Å². The molecular weight excluding hydrogens is 499 g/mol. The molecule has 0 saturated heterocycles. The first kappa shape index (κ1) is 25.3. The number of rotatable bonds is 7. The Morgan fingerprint density at radius 1 is 0.943 bits per heavy atom. The first-order valence-electron chi connectivity index (χ1n) is 11.2. The summed E-state index contributed by atoms with van der Waals surface area (Å²) in [5.41, 5.74) is 3.90. The minimum absolute atomic E-state index is 0.0660. The molecular formula is C27H26Cl2N4OS. The van der Waals surface area contributed by atoms with E-state index in [0.29, 0.717) is 27.4 Å². The van der Waals surface area contributed by atoms with E-state index in [1.54, 1.807) is 18.2 Å². The average Bonchev–Trinajstić information content (AvgIpc) is 3.23. The molecule has 0 aliphatic carbocycles. The highest BCUT2D eigenvalue weighted by Gasteiger charge is 2.18. The van der Waals surface area contributed by atoms with E-state index < -0.39 is 0 Å². The van der Waals surface area contributed by atoms with Crippen molar-refractivity contribution in [2.45, 2.75) is 37.9 Å². The van der Waals surface area contributed by atoms with Crippen molar-refractivity contribution < 1.29 is 4.79 Å². The zero-order valence-electron chi connectivity index (χ0n) is 19.8. The smallest absolute Gasteiger partial charge is 0.234 e. The molecule has 1 N–H and O–H groups in total. The molecule has 0 aliphatic heterocycles. The predicted octanol–water partition coefficient (Wildman–Crippen LogP) is 7.33. The zero-order chi connectivity index (χ0) is 25.0. The van der Waals surface area contributed by atoms with Gasteiger partial charge in [0.25, 0.3) is 0 Å². The van der Waals surface area contributed by atoms with E-state index in [2.05, 4.69) is 72.7 Å². The lowest BCUT2D eigenvalue weighted by Gasteiger charge is -2.19. The van der Waals surface area contributed by atoms with E-state index in [4.69, 9.17) is 23.2 Å². The maximum atomic E-state index is 12.6. The van der Waals surface area contributed by atoms with Crippen molar-refractivity contribution in [3.05, 3.63) is 94.0 Å². The summed E-state index contributed by atoms with van der Waals surface area (Å²) >= 11 is 13.6. The lowest BCUT2D eigenvalue weighted by molar-refractivity contribution is -0.113. The SMILES string of the molecule is CC(C)(C)c1ccc(-c2nnc(SCC(=O)Nc3cccc(Cl)c3Cl)n2Cc2ccccc2)cc1. The van der Waals surface area contributed by atoms with Gasteiger partial charge in [-0.05, 0) is 28.7 Å². The van der Waals surface area contributed by atoms with Gasteiger partial charge in [0.2, 0.25) is 5.91 Å². The minimum atomic E-state index is -0.204. The van der Waals surface area contributed by atoms with E-state index in [1.165, 1.54) is 17.3 Å². The third-order valence-corrected chi connectivity index (χ3v) is 7.25. The highest BCUT2D eigenvalue weighted by atomic mass is 35.5. The molecule has 3 aromatic carbocycles. The molecule has 1 aromatic heterocycles. The Kier molecular flexibility index (Phi) is 7.85. The average molecular weight is 526 g/mol. The summed E-state index contributed by atoms with van der Waals surface area (Å²) in [7, 11) is 0. The molecule has 5 nitrogen and oxygen atoms in total. The van der Waals surface area contributed by atoms with Gasteiger partial charge in [0, 0.05) is 5.56 Å². The van der Waals surface area contributed by atoms with Crippen LogP contribution < -0.4 is 5.32 Å². The minimum Gasteiger partial charge on any atom is -0.324 e. The summed E-state index contributed by atoms with van der Waals surface area (Å²) in [5.74, 6) is 0.707. The number of aromatic nitrogens is 3. The number of nitrogens with one attached hydrogen (secondary N) is 1. The van der Waals surface area contributed by atoms with Crippen molar-refractivity contribution in [3.63, 3.8) is 0 Å². The van der Waals surface area contributed by atoms with Crippen molar-refractivity contribution in [1.82, 2.24) is 14.8 Å². The van der Waals surface area contributed by atoms with E-state index in [0.717, 1.165) is 17.0 Å². The number of carbonyl (C=O) groups excluding carboxylic acids is 1. The first-order chi connectivity index (χ1) is 16.7. The lowest BCUT2D eigenvalue weighted by atomic mass is 9.87. The lowest BCUT2D eigenvalue weighted by Crippen LogP contribution is -2.15. The molecule has 1 amide bonds. The number of hydrogen-bond donors (Lipinski definition) is 1. The topological polar surface area (TPSA) is 59.8 Å². The van der Waals surface area contributed by atoms with Gasteiger partial charge in [-0.1, -0.05) is 116 Å². The van der Waals surface area contributed by atoms with Crippen LogP contribution in [0, 0.1) is 0 Å². The molecule has 4 rings (SSSR count). The molecule has 0 atom stereocenters. The molecule has 0 radical (unpaired) electrons. The Balaban J connectivity index is 1.57. The third kappa shape index (κ3) is 6.26. The molecule has 0 bridgehead atoms. The Labute approximate surface area is 219 Å². The van der Waals surface area contributed by atoms with Crippen LogP contribution in [0.1, 0.15) is 31.9 Å². The molecule has 4 aromatic rings. The molecule has 35 heavy (non-hydrogen) atoms. The van der Waals surface area contributed by atoms with Crippen molar-refractivity contribution in [3.8, 4) is 11.4 Å². The van der Waals surface area contributed by atoms with Crippen molar-refractivity contribution in [1.29, 1.82) is 0 Å². The van der Waals surface area contributed by atoms with Crippen molar-refractivity contribution in [2.24, 2.45) is 0 Å². The van der Waals surface area contributed by atoms with Crippen LogP contribution in [-0.2, 0) is 16.8 Å². The summed E-state index contributed by atoms with van der Waals surface area (Å²) in [6.07, 6.45) is 0. The monoisotopic (exact) mass is 524 g/mol. The number of anilines is 1. The van der Waals surface area contributed by atoms with Crippen LogP contribution in [-0.4, -0.2) is 26.4 Å². The Morgan fingerprint density at radius 3 is 2.34 bits per heavy atom. The van der Waals surface area contributed by atoms with Gasteiger partial charge >= 0.3 is 0 Å². The van der Waals surface area contributed by atoms with Crippen LogP contribution in [0.3, 0.4) is 0 Å². The fraction of sp³-hybridized carbons (Fsp3) is 0.222. The maximum absolute atomic E-state index is 12.6. The molecule has 180 valence electrons. The quantitative estimate of drug-likeness (QED) is 0.257. The van der Waals surface area contributed by atoms with Crippen LogP contribution in [0.5, 0.6) is 0 Å². The number of nitrogens with zero attached hydrogens (tertiary/aromatic N) is 3. The van der Waals surface area contributed by atoms with Gasteiger partial charge in [-0.25, -0.2) is 0 Å². The summed E-state index contributed by atoms with van der Waals surface area (Å²) in [6.45, 7) is 7.16. The Hall–Kier alpha value is -2.80. The molecule has 8 heteroatoms. The van der Waals surface area contributed by atoms with Crippen LogP contribution in [0.2, 0.25) is 10.0 Å². The molecule has 0 fully saturated rings. The third-order valence-electron chi connectivity index (χ3n) is 5.47. The fourth-order valence-electron chi connectivity index (χ4n) is 3.55. The maximum Gasteiger partial charge on any atom is 0.234 e. The largest absolute Gasteiger partial charge is 0.324 e. The van der Waals surface area contributed by atoms with Crippen LogP contribution in [0.4, 0.5) is 5.69 Å². The zero-order valence-corrected chi connectivity index (χ0v) is 22.1. The molecule has 0 spiro atoms. The Bertz CT molecular complexity index is 1320. The van der Waals surface area contributed by atoms with E-state index in [1.807, 2.05) is 22.8 Å². The molecule has 0 saturated carbocycles.